The molecule has 0 aliphatic carbocycles. The third-order valence-corrected chi connectivity index (χ3v) is 2.22. The number of ether oxygens (including phenoxy) is 2. The fourth-order valence-corrected chi connectivity index (χ4v) is 1.36. The number of hydrogen-bond donors (Lipinski definition) is 2. The van der Waals surface area contributed by atoms with Crippen LogP contribution in [0.3, 0.4) is 0 Å². The lowest BCUT2D eigenvalue weighted by atomic mass is 10.2. The van der Waals surface area contributed by atoms with Crippen molar-refractivity contribution in [2.45, 2.75) is 19.1 Å². The maximum absolute atomic E-state index is 11.7. The Balaban J connectivity index is 1.86. The molecule has 1 aliphatic heterocycles. The summed E-state index contributed by atoms with van der Waals surface area (Å²) < 4.78 is 10.4. The minimum Gasteiger partial charge on any atom is -0.376 e. The molecule has 1 fully saturated rings. The van der Waals surface area contributed by atoms with E-state index in [0.29, 0.717) is 19.0 Å². The van der Waals surface area contributed by atoms with Crippen LogP contribution in [0.2, 0.25) is 0 Å². The van der Waals surface area contributed by atoms with Crippen molar-refractivity contribution < 1.29 is 14.3 Å². The zero-order chi connectivity index (χ0) is 11.4. The van der Waals surface area contributed by atoms with E-state index in [1.807, 2.05) is 0 Å². The first-order valence-electron chi connectivity index (χ1n) is 5.00. The Kier molecular flexibility index (Phi) is 3.42. The molecule has 2 atom stereocenters. The third kappa shape index (κ3) is 2.52. The van der Waals surface area contributed by atoms with Gasteiger partial charge in [-0.15, -0.1) is 10.2 Å². The number of nitrogens with one attached hydrogen (secondary N) is 2. The summed E-state index contributed by atoms with van der Waals surface area (Å²) in [5.41, 5.74) is 0. The first kappa shape index (κ1) is 11.0. The number of H-pyrrole nitrogens is 1. The lowest BCUT2D eigenvalue weighted by molar-refractivity contribution is -0.148. The highest BCUT2D eigenvalue weighted by molar-refractivity contribution is 5.81. The van der Waals surface area contributed by atoms with Crippen LogP contribution in [0, 0.1) is 0 Å². The zero-order valence-electron chi connectivity index (χ0n) is 8.84. The quantitative estimate of drug-likeness (QED) is 0.672. The predicted octanol–water partition coefficient (Wildman–Crippen LogP) is -1.21. The summed E-state index contributed by atoms with van der Waals surface area (Å²) >= 11 is 0. The van der Waals surface area contributed by atoms with Crippen LogP contribution < -0.4 is 5.32 Å². The molecule has 1 aromatic heterocycles. The van der Waals surface area contributed by atoms with Crippen molar-refractivity contribution in [2.24, 2.45) is 0 Å². The van der Waals surface area contributed by atoms with Gasteiger partial charge in [0.1, 0.15) is 0 Å². The van der Waals surface area contributed by atoms with Gasteiger partial charge in [0.05, 0.1) is 25.9 Å². The molecule has 1 aromatic rings. The van der Waals surface area contributed by atoms with Crippen molar-refractivity contribution in [3.8, 4) is 0 Å². The van der Waals surface area contributed by atoms with Gasteiger partial charge >= 0.3 is 0 Å². The van der Waals surface area contributed by atoms with Crippen LogP contribution in [0.25, 0.3) is 0 Å². The van der Waals surface area contributed by atoms with Gasteiger partial charge in [0.2, 0.25) is 0 Å². The van der Waals surface area contributed by atoms with Crippen molar-refractivity contribution in [3.05, 3.63) is 5.82 Å². The summed E-state index contributed by atoms with van der Waals surface area (Å²) in [5, 5.41) is 16.0. The summed E-state index contributed by atoms with van der Waals surface area (Å²) in [6, 6.07) is -0.309. The standard InChI is InChI=1S/C8H13N5O3/c1-5(7-10-12-13-11-7)9-8(14)6-4-15-2-3-16-6/h5-6H,2-4H2,1H3,(H,9,14)(H,10,11,12,13). The van der Waals surface area contributed by atoms with Crippen LogP contribution in [-0.2, 0) is 14.3 Å². The number of nitrogens with zero attached hydrogens (tertiary/aromatic N) is 3. The van der Waals surface area contributed by atoms with Crippen LogP contribution in [0.4, 0.5) is 0 Å². The first-order chi connectivity index (χ1) is 7.77. The second-order valence-corrected chi connectivity index (χ2v) is 3.43. The summed E-state index contributed by atoms with van der Waals surface area (Å²) in [6.07, 6.45) is -0.553. The van der Waals surface area contributed by atoms with Gasteiger partial charge < -0.3 is 14.8 Å². The van der Waals surface area contributed by atoms with E-state index < -0.39 is 6.10 Å². The van der Waals surface area contributed by atoms with Gasteiger partial charge in [-0.2, -0.15) is 5.21 Å². The van der Waals surface area contributed by atoms with E-state index in [0.717, 1.165) is 0 Å². The summed E-state index contributed by atoms with van der Waals surface area (Å²) in [6.45, 7) is 3.02. The van der Waals surface area contributed by atoms with E-state index in [1.165, 1.54) is 0 Å². The van der Waals surface area contributed by atoms with Crippen LogP contribution in [-0.4, -0.2) is 52.5 Å². The van der Waals surface area contributed by atoms with E-state index in [-0.39, 0.29) is 18.6 Å². The highest BCUT2D eigenvalue weighted by atomic mass is 16.6. The van der Waals surface area contributed by atoms with E-state index in [4.69, 9.17) is 9.47 Å². The maximum atomic E-state index is 11.7. The second kappa shape index (κ2) is 4.99. The average molecular weight is 227 g/mol. The molecular formula is C8H13N5O3. The monoisotopic (exact) mass is 227 g/mol. The third-order valence-electron chi connectivity index (χ3n) is 2.22. The molecule has 0 aromatic carbocycles. The number of aromatic amines is 1. The molecule has 0 bridgehead atoms. The van der Waals surface area contributed by atoms with Crippen molar-refractivity contribution in [1.82, 2.24) is 25.9 Å². The molecule has 2 rings (SSSR count). The Bertz CT molecular complexity index is 335. The molecule has 8 heteroatoms. The second-order valence-electron chi connectivity index (χ2n) is 3.43. The Morgan fingerprint density at radius 3 is 3.12 bits per heavy atom. The van der Waals surface area contributed by atoms with E-state index >= 15 is 0 Å². The number of amides is 1. The molecule has 0 radical (unpaired) electrons. The van der Waals surface area contributed by atoms with Crippen LogP contribution in [0.1, 0.15) is 18.8 Å². The molecule has 88 valence electrons. The fourth-order valence-electron chi connectivity index (χ4n) is 1.36. The van der Waals surface area contributed by atoms with Crippen molar-refractivity contribution in [1.29, 1.82) is 0 Å². The number of hydrogen-bond acceptors (Lipinski definition) is 6. The average Bonchev–Trinajstić information content (AvgIpc) is 2.83. The minimum atomic E-state index is -0.553. The van der Waals surface area contributed by atoms with Gasteiger partial charge in [0.25, 0.3) is 5.91 Å². The summed E-state index contributed by atoms with van der Waals surface area (Å²) in [5.74, 6) is 0.210. The number of tetrazole rings is 1. The maximum Gasteiger partial charge on any atom is 0.252 e. The first-order valence-corrected chi connectivity index (χ1v) is 5.00. The summed E-state index contributed by atoms with van der Waals surface area (Å²) in [4.78, 5) is 11.7. The Morgan fingerprint density at radius 2 is 2.50 bits per heavy atom. The van der Waals surface area contributed by atoms with Crippen molar-refractivity contribution in [2.75, 3.05) is 19.8 Å². The number of aromatic nitrogens is 4. The number of carbonyl (C=O) groups excluding carboxylic acids is 1. The molecule has 8 nitrogen and oxygen atoms in total. The molecule has 1 aliphatic rings. The Labute approximate surface area is 91.7 Å². The Morgan fingerprint density at radius 1 is 1.62 bits per heavy atom. The Hall–Kier alpha value is -1.54. The molecule has 0 saturated carbocycles. The van der Waals surface area contributed by atoms with Crippen molar-refractivity contribution in [3.63, 3.8) is 0 Å². The van der Waals surface area contributed by atoms with Gasteiger partial charge in [-0.1, -0.05) is 5.21 Å². The van der Waals surface area contributed by atoms with E-state index in [2.05, 4.69) is 25.9 Å². The molecule has 16 heavy (non-hydrogen) atoms. The van der Waals surface area contributed by atoms with Crippen LogP contribution in [0.15, 0.2) is 0 Å². The lowest BCUT2D eigenvalue weighted by Gasteiger charge is -2.23. The van der Waals surface area contributed by atoms with Gasteiger partial charge in [-0.25, -0.2) is 0 Å². The fraction of sp³-hybridized carbons (Fsp3) is 0.750. The van der Waals surface area contributed by atoms with Crippen molar-refractivity contribution >= 4 is 5.91 Å². The number of carbonyl (C=O) groups is 1. The summed E-state index contributed by atoms with van der Waals surface area (Å²) in [7, 11) is 0. The topological polar surface area (TPSA) is 102 Å². The van der Waals surface area contributed by atoms with E-state index in [9.17, 15) is 4.79 Å². The smallest absolute Gasteiger partial charge is 0.252 e. The SMILES string of the molecule is CC(NC(=O)C1COCCO1)c1nn[nH]n1. The highest BCUT2D eigenvalue weighted by Crippen LogP contribution is 2.06. The van der Waals surface area contributed by atoms with Gasteiger partial charge in [-0.05, 0) is 6.92 Å². The molecule has 1 amide bonds. The van der Waals surface area contributed by atoms with Gasteiger partial charge in [0, 0.05) is 0 Å². The highest BCUT2D eigenvalue weighted by Gasteiger charge is 2.24. The van der Waals surface area contributed by atoms with Crippen LogP contribution >= 0.6 is 0 Å². The molecule has 1 saturated heterocycles. The molecular weight excluding hydrogens is 214 g/mol. The van der Waals surface area contributed by atoms with Gasteiger partial charge in [-0.3, -0.25) is 4.79 Å². The molecule has 2 N–H and O–H groups in total. The number of rotatable bonds is 3. The van der Waals surface area contributed by atoms with Gasteiger partial charge in [0.15, 0.2) is 11.9 Å². The van der Waals surface area contributed by atoms with Crippen LogP contribution in [0.5, 0.6) is 0 Å². The lowest BCUT2D eigenvalue weighted by Crippen LogP contribution is -2.43. The molecule has 2 unspecified atom stereocenters. The molecule has 2 heterocycles. The molecule has 0 spiro atoms. The predicted molar refractivity (Wildman–Crippen MR) is 51.3 cm³/mol. The largest absolute Gasteiger partial charge is 0.376 e. The normalized spacial score (nSPS) is 22.7. The minimum absolute atomic E-state index is 0.225. The van der Waals surface area contributed by atoms with E-state index in [1.54, 1.807) is 6.92 Å². The zero-order valence-corrected chi connectivity index (χ0v) is 8.84.